The molecule has 0 spiro atoms. The first-order valence-corrected chi connectivity index (χ1v) is 10.8. The fourth-order valence-corrected chi connectivity index (χ4v) is 3.87. The zero-order chi connectivity index (χ0) is 20.6. The zero-order valence-electron chi connectivity index (χ0n) is 16.4. The van der Waals surface area contributed by atoms with Gasteiger partial charge in [0.1, 0.15) is 0 Å². The van der Waals surface area contributed by atoms with Gasteiger partial charge in [-0.05, 0) is 42.7 Å². The summed E-state index contributed by atoms with van der Waals surface area (Å²) in [5, 5.41) is 12.2. The second-order valence-electron chi connectivity index (χ2n) is 6.68. The van der Waals surface area contributed by atoms with Gasteiger partial charge in [0.2, 0.25) is 11.7 Å². The lowest BCUT2D eigenvalue weighted by molar-refractivity contribution is -0.118. The molecule has 4 rings (SSSR count). The number of hydrogen-bond acceptors (Lipinski definition) is 5. The van der Waals surface area contributed by atoms with Gasteiger partial charge in [0.05, 0.1) is 12.0 Å². The summed E-state index contributed by atoms with van der Waals surface area (Å²) in [7, 11) is 0. The second-order valence-corrected chi connectivity index (χ2v) is 7.62. The molecule has 0 bridgehead atoms. The van der Waals surface area contributed by atoms with E-state index >= 15 is 0 Å². The van der Waals surface area contributed by atoms with Gasteiger partial charge >= 0.3 is 0 Å². The van der Waals surface area contributed by atoms with Gasteiger partial charge in [0.25, 0.3) is 0 Å². The smallest absolute Gasteiger partial charge is 0.230 e. The SMILES string of the molecule is O=C(CSc1nnc(-c2ccco2)n1-c1ccccc1)NCCCc1ccccc1. The molecule has 0 unspecified atom stereocenters. The van der Waals surface area contributed by atoms with Crippen molar-refractivity contribution in [1.29, 1.82) is 0 Å². The van der Waals surface area contributed by atoms with Crippen molar-refractivity contribution in [2.45, 2.75) is 18.0 Å². The highest BCUT2D eigenvalue weighted by Crippen LogP contribution is 2.28. The van der Waals surface area contributed by atoms with Crippen molar-refractivity contribution in [3.05, 3.63) is 84.6 Å². The molecule has 30 heavy (non-hydrogen) atoms. The number of furan rings is 1. The largest absolute Gasteiger partial charge is 0.461 e. The number of thioether (sulfide) groups is 1. The van der Waals surface area contributed by atoms with Crippen LogP contribution in [0.2, 0.25) is 0 Å². The van der Waals surface area contributed by atoms with Crippen LogP contribution in [0.15, 0.2) is 88.6 Å². The number of nitrogens with one attached hydrogen (secondary N) is 1. The van der Waals surface area contributed by atoms with E-state index in [1.807, 2.05) is 65.2 Å². The van der Waals surface area contributed by atoms with Crippen LogP contribution in [-0.4, -0.2) is 33.0 Å². The minimum Gasteiger partial charge on any atom is -0.461 e. The van der Waals surface area contributed by atoms with Gasteiger partial charge in [0.15, 0.2) is 10.9 Å². The molecule has 2 heterocycles. The molecule has 0 aliphatic rings. The molecular formula is C23H22N4O2S. The van der Waals surface area contributed by atoms with Crippen molar-refractivity contribution in [3.63, 3.8) is 0 Å². The zero-order valence-corrected chi connectivity index (χ0v) is 17.2. The Kier molecular flexibility index (Phi) is 6.61. The number of rotatable bonds is 9. The number of aryl methyl sites for hydroxylation is 1. The lowest BCUT2D eigenvalue weighted by atomic mass is 10.1. The van der Waals surface area contributed by atoms with Crippen LogP contribution in [-0.2, 0) is 11.2 Å². The van der Waals surface area contributed by atoms with Crippen LogP contribution in [0.1, 0.15) is 12.0 Å². The molecule has 7 heteroatoms. The number of carbonyl (C=O) groups excluding carboxylic acids is 1. The van der Waals surface area contributed by atoms with Crippen molar-refractivity contribution in [3.8, 4) is 17.3 Å². The van der Waals surface area contributed by atoms with Crippen LogP contribution >= 0.6 is 11.8 Å². The molecule has 1 amide bonds. The number of benzene rings is 2. The molecule has 0 atom stereocenters. The molecule has 0 radical (unpaired) electrons. The van der Waals surface area contributed by atoms with Crippen LogP contribution < -0.4 is 5.32 Å². The Morgan fingerprint density at radius 2 is 1.73 bits per heavy atom. The number of amides is 1. The molecule has 0 saturated carbocycles. The van der Waals surface area contributed by atoms with E-state index in [-0.39, 0.29) is 11.7 Å². The van der Waals surface area contributed by atoms with Crippen LogP contribution in [0.25, 0.3) is 17.3 Å². The summed E-state index contributed by atoms with van der Waals surface area (Å²) in [5.74, 6) is 1.49. The van der Waals surface area contributed by atoms with E-state index in [0.29, 0.717) is 23.3 Å². The lowest BCUT2D eigenvalue weighted by Gasteiger charge is -2.09. The van der Waals surface area contributed by atoms with Crippen molar-refractivity contribution in [1.82, 2.24) is 20.1 Å². The molecular weight excluding hydrogens is 396 g/mol. The maximum atomic E-state index is 12.3. The monoisotopic (exact) mass is 418 g/mol. The van der Waals surface area contributed by atoms with Crippen molar-refractivity contribution >= 4 is 17.7 Å². The molecule has 4 aromatic rings. The van der Waals surface area contributed by atoms with E-state index in [1.165, 1.54) is 17.3 Å². The molecule has 0 aliphatic heterocycles. The van der Waals surface area contributed by atoms with E-state index in [4.69, 9.17) is 4.42 Å². The first-order valence-electron chi connectivity index (χ1n) is 9.79. The van der Waals surface area contributed by atoms with Gasteiger partial charge in [-0.25, -0.2) is 0 Å². The number of para-hydroxylation sites is 1. The fraction of sp³-hybridized carbons (Fsp3) is 0.174. The quantitative estimate of drug-likeness (QED) is 0.323. The average molecular weight is 419 g/mol. The first-order chi connectivity index (χ1) is 14.8. The van der Waals surface area contributed by atoms with Gasteiger partial charge in [-0.3, -0.25) is 9.36 Å². The van der Waals surface area contributed by atoms with E-state index in [2.05, 4.69) is 27.6 Å². The molecule has 2 aromatic heterocycles. The summed E-state index contributed by atoms with van der Waals surface area (Å²) in [4.78, 5) is 12.3. The van der Waals surface area contributed by atoms with Crippen LogP contribution in [0, 0.1) is 0 Å². The van der Waals surface area contributed by atoms with Gasteiger partial charge in [-0.2, -0.15) is 0 Å². The summed E-state index contributed by atoms with van der Waals surface area (Å²) < 4.78 is 7.42. The highest BCUT2D eigenvalue weighted by molar-refractivity contribution is 7.99. The molecule has 0 fully saturated rings. The molecule has 1 N–H and O–H groups in total. The van der Waals surface area contributed by atoms with E-state index < -0.39 is 0 Å². The predicted octanol–water partition coefficient (Wildman–Crippen LogP) is 4.37. The highest BCUT2D eigenvalue weighted by atomic mass is 32.2. The Hall–Kier alpha value is -3.32. The van der Waals surface area contributed by atoms with Crippen LogP contribution in [0.5, 0.6) is 0 Å². The average Bonchev–Trinajstić information content (AvgIpc) is 3.46. The first kappa shape index (κ1) is 20.0. The fourth-order valence-electron chi connectivity index (χ4n) is 3.08. The summed E-state index contributed by atoms with van der Waals surface area (Å²) in [5.41, 5.74) is 2.20. The number of aromatic nitrogens is 3. The molecule has 2 aromatic carbocycles. The minimum absolute atomic E-state index is 0.0183. The van der Waals surface area contributed by atoms with Gasteiger partial charge in [-0.1, -0.05) is 60.3 Å². The third-order valence-corrected chi connectivity index (χ3v) is 5.46. The van der Waals surface area contributed by atoms with Gasteiger partial charge in [-0.15, -0.1) is 10.2 Å². The Bertz CT molecular complexity index is 1060. The second kappa shape index (κ2) is 9.93. The van der Waals surface area contributed by atoms with Crippen molar-refractivity contribution in [2.24, 2.45) is 0 Å². The van der Waals surface area contributed by atoms with Crippen molar-refractivity contribution in [2.75, 3.05) is 12.3 Å². The highest BCUT2D eigenvalue weighted by Gasteiger charge is 2.18. The van der Waals surface area contributed by atoms with Crippen molar-refractivity contribution < 1.29 is 9.21 Å². The summed E-state index contributed by atoms with van der Waals surface area (Å²) >= 11 is 1.36. The third-order valence-electron chi connectivity index (χ3n) is 4.53. The maximum absolute atomic E-state index is 12.3. The summed E-state index contributed by atoms with van der Waals surface area (Å²) in [6.45, 7) is 0.650. The number of nitrogens with zero attached hydrogens (tertiary/aromatic N) is 3. The van der Waals surface area contributed by atoms with Gasteiger partial charge < -0.3 is 9.73 Å². The Balaban J connectivity index is 1.37. The Morgan fingerprint density at radius 3 is 2.47 bits per heavy atom. The molecule has 6 nitrogen and oxygen atoms in total. The summed E-state index contributed by atoms with van der Waals surface area (Å²) in [6, 6.07) is 23.7. The van der Waals surface area contributed by atoms with E-state index in [9.17, 15) is 4.79 Å². The van der Waals surface area contributed by atoms with E-state index in [0.717, 1.165) is 18.5 Å². The van der Waals surface area contributed by atoms with E-state index in [1.54, 1.807) is 6.26 Å². The van der Waals surface area contributed by atoms with Crippen LogP contribution in [0.3, 0.4) is 0 Å². The topological polar surface area (TPSA) is 73.0 Å². The molecule has 152 valence electrons. The standard InChI is InChI=1S/C23H22N4O2S/c28-21(24-15-7-11-18-9-3-1-4-10-18)17-30-23-26-25-22(20-14-8-16-29-20)27(23)19-12-5-2-6-13-19/h1-6,8-10,12-14,16H,7,11,15,17H2,(H,24,28). The van der Waals surface area contributed by atoms with Gasteiger partial charge in [0, 0.05) is 12.2 Å². The number of carbonyl (C=O) groups is 1. The maximum Gasteiger partial charge on any atom is 0.230 e. The molecule has 0 saturated heterocycles. The molecule has 0 aliphatic carbocycles. The Labute approximate surface area is 179 Å². The normalized spacial score (nSPS) is 10.8. The third kappa shape index (κ3) is 4.99. The van der Waals surface area contributed by atoms with Crippen LogP contribution in [0.4, 0.5) is 0 Å². The summed E-state index contributed by atoms with van der Waals surface area (Å²) in [6.07, 6.45) is 3.46. The minimum atomic E-state index is -0.0183. The number of hydrogen-bond donors (Lipinski definition) is 1. The Morgan fingerprint density at radius 1 is 0.967 bits per heavy atom. The lowest BCUT2D eigenvalue weighted by Crippen LogP contribution is -2.26. The predicted molar refractivity (Wildman–Crippen MR) is 118 cm³/mol.